The van der Waals surface area contributed by atoms with Gasteiger partial charge in [0.15, 0.2) is 11.5 Å². The van der Waals surface area contributed by atoms with Crippen LogP contribution in [0.3, 0.4) is 0 Å². The van der Waals surface area contributed by atoms with Crippen LogP contribution in [0.5, 0.6) is 11.5 Å². The highest BCUT2D eigenvalue weighted by atomic mass is 16.5. The molecule has 3 fully saturated rings. The zero-order valence-electron chi connectivity index (χ0n) is 21.1. The van der Waals surface area contributed by atoms with Gasteiger partial charge in [-0.3, -0.25) is 14.5 Å². The summed E-state index contributed by atoms with van der Waals surface area (Å²) in [6.45, 7) is 3.26. The second-order valence-electron chi connectivity index (χ2n) is 9.93. The standard InChI is InChI=1S/C26H38N4O5/c1-28(17-19-7-6-14-29-13-5-4-8-21(19)29)24(31)12-10-20-25(32)30(26(33)27-20)16-18-9-11-22(34-2)23(15-18)35-3/h9,11,15,19-21H,4-8,10,12-14,16-17H2,1-3H3,(H,27,33)/t19-,20-,21+/m0/s1. The molecule has 0 aliphatic carbocycles. The molecule has 3 heterocycles. The fraction of sp³-hybridized carbons (Fsp3) is 0.654. The van der Waals surface area contributed by atoms with Gasteiger partial charge in [0.1, 0.15) is 6.04 Å². The lowest BCUT2D eigenvalue weighted by atomic mass is 9.83. The molecule has 9 nitrogen and oxygen atoms in total. The van der Waals surface area contributed by atoms with Crippen LogP contribution in [0.2, 0.25) is 0 Å². The van der Waals surface area contributed by atoms with E-state index in [2.05, 4.69) is 10.2 Å². The van der Waals surface area contributed by atoms with Gasteiger partial charge < -0.3 is 24.6 Å². The minimum atomic E-state index is -0.677. The molecule has 35 heavy (non-hydrogen) atoms. The smallest absolute Gasteiger partial charge is 0.325 e. The maximum Gasteiger partial charge on any atom is 0.325 e. The molecule has 0 saturated carbocycles. The number of hydrogen-bond acceptors (Lipinski definition) is 6. The van der Waals surface area contributed by atoms with Crippen LogP contribution in [-0.2, 0) is 16.1 Å². The number of carbonyl (C=O) groups excluding carboxylic acids is 3. The van der Waals surface area contributed by atoms with E-state index in [0.29, 0.717) is 29.9 Å². The third kappa shape index (κ3) is 5.72. The van der Waals surface area contributed by atoms with Gasteiger partial charge in [-0.1, -0.05) is 12.5 Å². The number of methoxy groups -OCH3 is 2. The number of piperidine rings is 2. The monoisotopic (exact) mass is 486 g/mol. The summed E-state index contributed by atoms with van der Waals surface area (Å²) >= 11 is 0. The second kappa shape index (κ2) is 11.3. The molecule has 0 radical (unpaired) electrons. The lowest BCUT2D eigenvalue weighted by Gasteiger charge is -2.45. The molecule has 0 aromatic heterocycles. The zero-order valence-corrected chi connectivity index (χ0v) is 21.1. The molecule has 1 aromatic carbocycles. The van der Waals surface area contributed by atoms with Crippen LogP contribution in [0.1, 0.15) is 50.5 Å². The van der Waals surface area contributed by atoms with Gasteiger partial charge in [-0.25, -0.2) is 4.79 Å². The first-order valence-corrected chi connectivity index (χ1v) is 12.7. The third-order valence-corrected chi connectivity index (χ3v) is 7.71. The van der Waals surface area contributed by atoms with Crippen LogP contribution in [-0.4, -0.2) is 85.5 Å². The maximum atomic E-state index is 12.9. The predicted octanol–water partition coefficient (Wildman–Crippen LogP) is 2.63. The van der Waals surface area contributed by atoms with Gasteiger partial charge in [0, 0.05) is 26.1 Å². The Kier molecular flexibility index (Phi) is 8.15. The summed E-state index contributed by atoms with van der Waals surface area (Å²) in [6, 6.07) is 4.78. The van der Waals surface area contributed by atoms with Gasteiger partial charge in [-0.15, -0.1) is 0 Å². The zero-order chi connectivity index (χ0) is 24.9. The molecule has 3 atom stereocenters. The molecule has 4 rings (SSSR count). The fourth-order valence-electron chi connectivity index (χ4n) is 5.79. The Morgan fingerprint density at radius 2 is 1.86 bits per heavy atom. The minimum absolute atomic E-state index is 0.0262. The fourth-order valence-corrected chi connectivity index (χ4v) is 5.79. The van der Waals surface area contributed by atoms with Crippen LogP contribution in [0.4, 0.5) is 4.79 Å². The summed E-state index contributed by atoms with van der Waals surface area (Å²) < 4.78 is 10.6. The lowest BCUT2D eigenvalue weighted by Crippen LogP contribution is -2.51. The van der Waals surface area contributed by atoms with Crippen LogP contribution in [0.15, 0.2) is 18.2 Å². The predicted molar refractivity (Wildman–Crippen MR) is 131 cm³/mol. The van der Waals surface area contributed by atoms with Gasteiger partial charge in [0.25, 0.3) is 5.91 Å². The van der Waals surface area contributed by atoms with E-state index in [4.69, 9.17) is 9.47 Å². The van der Waals surface area contributed by atoms with Crippen LogP contribution >= 0.6 is 0 Å². The van der Waals surface area contributed by atoms with Crippen molar-refractivity contribution in [2.45, 2.75) is 63.6 Å². The molecule has 3 aliphatic rings. The quantitative estimate of drug-likeness (QED) is 0.540. The summed E-state index contributed by atoms with van der Waals surface area (Å²) in [6.07, 6.45) is 6.68. The van der Waals surface area contributed by atoms with Crippen molar-refractivity contribution in [2.75, 3.05) is 40.9 Å². The number of amides is 4. The van der Waals surface area contributed by atoms with Crippen molar-refractivity contribution in [2.24, 2.45) is 5.92 Å². The van der Waals surface area contributed by atoms with Crippen molar-refractivity contribution < 1.29 is 23.9 Å². The van der Waals surface area contributed by atoms with Crippen LogP contribution in [0, 0.1) is 5.92 Å². The number of nitrogens with one attached hydrogen (secondary N) is 1. The molecular weight excluding hydrogens is 448 g/mol. The van der Waals surface area contributed by atoms with Crippen molar-refractivity contribution in [1.82, 2.24) is 20.0 Å². The summed E-state index contributed by atoms with van der Waals surface area (Å²) in [5.74, 6) is 1.36. The molecule has 0 unspecified atom stereocenters. The minimum Gasteiger partial charge on any atom is -0.493 e. The third-order valence-electron chi connectivity index (χ3n) is 7.71. The van der Waals surface area contributed by atoms with Crippen LogP contribution < -0.4 is 14.8 Å². The molecule has 9 heteroatoms. The molecule has 3 saturated heterocycles. The van der Waals surface area contributed by atoms with E-state index >= 15 is 0 Å². The number of nitrogens with zero attached hydrogens (tertiary/aromatic N) is 3. The number of carbonyl (C=O) groups is 3. The van der Waals surface area contributed by atoms with Crippen molar-refractivity contribution in [3.05, 3.63) is 23.8 Å². The van der Waals surface area contributed by atoms with E-state index in [-0.39, 0.29) is 24.8 Å². The Morgan fingerprint density at radius 1 is 1.09 bits per heavy atom. The maximum absolute atomic E-state index is 12.9. The number of rotatable bonds is 9. The number of ether oxygens (including phenoxy) is 2. The topological polar surface area (TPSA) is 91.4 Å². The first-order chi connectivity index (χ1) is 16.9. The lowest BCUT2D eigenvalue weighted by molar-refractivity contribution is -0.132. The molecule has 0 spiro atoms. The Bertz CT molecular complexity index is 936. The van der Waals surface area contributed by atoms with E-state index in [1.807, 2.05) is 11.9 Å². The normalized spacial score (nSPS) is 24.7. The molecule has 3 aliphatic heterocycles. The first-order valence-electron chi connectivity index (χ1n) is 12.7. The van der Waals surface area contributed by atoms with Gasteiger partial charge in [-0.05, 0) is 68.8 Å². The molecule has 1 N–H and O–H groups in total. The van der Waals surface area contributed by atoms with Crippen molar-refractivity contribution in [1.29, 1.82) is 0 Å². The number of benzene rings is 1. The number of imide groups is 1. The highest BCUT2D eigenvalue weighted by Crippen LogP contribution is 2.32. The molecule has 1 aromatic rings. The van der Waals surface area contributed by atoms with Gasteiger partial charge >= 0.3 is 6.03 Å². The van der Waals surface area contributed by atoms with Gasteiger partial charge in [0.05, 0.1) is 20.8 Å². The van der Waals surface area contributed by atoms with Crippen molar-refractivity contribution in [3.8, 4) is 11.5 Å². The Morgan fingerprint density at radius 3 is 2.63 bits per heavy atom. The number of hydrogen-bond donors (Lipinski definition) is 1. The molecule has 4 amide bonds. The molecule has 0 bridgehead atoms. The van der Waals surface area contributed by atoms with Gasteiger partial charge in [0.2, 0.25) is 5.91 Å². The van der Waals surface area contributed by atoms with E-state index in [0.717, 1.165) is 12.1 Å². The molecular formula is C26H38N4O5. The van der Waals surface area contributed by atoms with Gasteiger partial charge in [-0.2, -0.15) is 0 Å². The Balaban J connectivity index is 1.28. The Hall–Kier alpha value is -2.81. The van der Waals surface area contributed by atoms with E-state index < -0.39 is 12.1 Å². The highest BCUT2D eigenvalue weighted by molar-refractivity contribution is 6.04. The number of urea groups is 1. The summed E-state index contributed by atoms with van der Waals surface area (Å²) in [4.78, 5) is 43.9. The number of fused-ring (bicyclic) bond motifs is 1. The SMILES string of the molecule is COc1ccc(CN2C(=O)N[C@@H](CCC(=O)N(C)C[C@@H]3CCCN4CCCC[C@H]34)C2=O)cc1OC. The van der Waals surface area contributed by atoms with E-state index in [1.54, 1.807) is 32.4 Å². The highest BCUT2D eigenvalue weighted by Gasteiger charge is 2.38. The van der Waals surface area contributed by atoms with E-state index in [9.17, 15) is 14.4 Å². The largest absolute Gasteiger partial charge is 0.493 e. The Labute approximate surface area is 207 Å². The molecule has 192 valence electrons. The summed E-state index contributed by atoms with van der Waals surface area (Å²) in [5, 5.41) is 2.74. The first kappa shape index (κ1) is 25.3. The van der Waals surface area contributed by atoms with Crippen LogP contribution in [0.25, 0.3) is 0 Å². The second-order valence-corrected chi connectivity index (χ2v) is 9.93. The van der Waals surface area contributed by atoms with Crippen molar-refractivity contribution in [3.63, 3.8) is 0 Å². The van der Waals surface area contributed by atoms with Crippen molar-refractivity contribution >= 4 is 17.8 Å². The summed E-state index contributed by atoms with van der Waals surface area (Å²) in [7, 11) is 4.96. The summed E-state index contributed by atoms with van der Waals surface area (Å²) in [5.41, 5.74) is 0.756. The van der Waals surface area contributed by atoms with E-state index in [1.165, 1.54) is 50.1 Å². The average Bonchev–Trinajstić information content (AvgIpc) is 3.14. The average molecular weight is 487 g/mol.